The van der Waals surface area contributed by atoms with E-state index in [1.54, 1.807) is 7.05 Å². The van der Waals surface area contributed by atoms with E-state index in [9.17, 15) is 0 Å². The van der Waals surface area contributed by atoms with Gasteiger partial charge in [-0.2, -0.15) is 0 Å². The molecule has 98 valence electrons. The van der Waals surface area contributed by atoms with Gasteiger partial charge in [0.25, 0.3) is 0 Å². The lowest BCUT2D eigenvalue weighted by Gasteiger charge is -2.23. The molecule has 0 fully saturated rings. The summed E-state index contributed by atoms with van der Waals surface area (Å²) in [6.45, 7) is 6.32. The number of hydrazine groups is 1. The SMILES string of the molecule is C=N[C@@H](NN(C)Cc1cccc(I)c1)C(C)=NC. The van der Waals surface area contributed by atoms with Crippen LogP contribution in [0.2, 0.25) is 0 Å². The van der Waals surface area contributed by atoms with Crippen molar-refractivity contribution >= 4 is 35.0 Å². The van der Waals surface area contributed by atoms with Crippen molar-refractivity contribution in [3.8, 4) is 0 Å². The van der Waals surface area contributed by atoms with Crippen LogP contribution in [0.5, 0.6) is 0 Å². The number of rotatable bonds is 6. The van der Waals surface area contributed by atoms with Crippen molar-refractivity contribution in [2.75, 3.05) is 14.1 Å². The molecule has 0 heterocycles. The minimum Gasteiger partial charge on any atom is -0.294 e. The smallest absolute Gasteiger partial charge is 0.149 e. The van der Waals surface area contributed by atoms with Gasteiger partial charge in [-0.25, -0.2) is 10.4 Å². The summed E-state index contributed by atoms with van der Waals surface area (Å²) in [5.74, 6) is 0. The third-order valence-corrected chi connectivity index (χ3v) is 3.25. The topological polar surface area (TPSA) is 40.0 Å². The molecule has 1 atom stereocenters. The number of halogens is 1. The quantitative estimate of drug-likeness (QED) is 0.482. The van der Waals surface area contributed by atoms with Crippen molar-refractivity contribution < 1.29 is 0 Å². The molecule has 0 aliphatic rings. The highest BCUT2D eigenvalue weighted by Gasteiger charge is 2.10. The van der Waals surface area contributed by atoms with Crippen molar-refractivity contribution in [1.82, 2.24) is 10.4 Å². The minimum atomic E-state index is -0.164. The summed E-state index contributed by atoms with van der Waals surface area (Å²) in [5, 5.41) is 2.00. The zero-order valence-electron chi connectivity index (χ0n) is 11.0. The highest BCUT2D eigenvalue weighted by atomic mass is 127. The Balaban J connectivity index is 2.60. The van der Waals surface area contributed by atoms with Crippen LogP contribution < -0.4 is 5.43 Å². The average molecular weight is 358 g/mol. The molecule has 0 saturated carbocycles. The first-order valence-corrected chi connectivity index (χ1v) is 6.75. The van der Waals surface area contributed by atoms with Crippen molar-refractivity contribution in [2.45, 2.75) is 19.6 Å². The van der Waals surface area contributed by atoms with Crippen LogP contribution in [-0.4, -0.2) is 37.7 Å². The van der Waals surface area contributed by atoms with Gasteiger partial charge in [0, 0.05) is 29.9 Å². The van der Waals surface area contributed by atoms with Gasteiger partial charge in [0.05, 0.1) is 0 Å². The molecule has 4 nitrogen and oxygen atoms in total. The van der Waals surface area contributed by atoms with Gasteiger partial charge in [0.1, 0.15) is 6.17 Å². The van der Waals surface area contributed by atoms with Crippen LogP contribution in [0, 0.1) is 3.57 Å². The van der Waals surface area contributed by atoms with Crippen LogP contribution in [-0.2, 0) is 6.54 Å². The Labute approximate surface area is 122 Å². The van der Waals surface area contributed by atoms with E-state index in [2.05, 4.69) is 69.0 Å². The summed E-state index contributed by atoms with van der Waals surface area (Å²) >= 11 is 2.32. The second-order valence-corrected chi connectivity index (χ2v) is 5.31. The first-order valence-electron chi connectivity index (χ1n) is 5.67. The molecule has 1 N–H and O–H groups in total. The van der Waals surface area contributed by atoms with Gasteiger partial charge in [-0.15, -0.1) is 0 Å². The van der Waals surface area contributed by atoms with Crippen LogP contribution in [0.15, 0.2) is 34.3 Å². The van der Waals surface area contributed by atoms with Crippen molar-refractivity contribution in [3.63, 3.8) is 0 Å². The molecular formula is C13H19IN4. The van der Waals surface area contributed by atoms with E-state index in [0.717, 1.165) is 12.3 Å². The number of nitrogens with zero attached hydrogens (tertiary/aromatic N) is 3. The second kappa shape index (κ2) is 7.60. The number of benzene rings is 1. The standard InChI is InChI=1S/C13H19IN4/c1-10(15-2)13(16-3)17-18(4)9-11-6-5-7-12(14)8-11/h5-8,13,17H,3,9H2,1-2,4H3/t13-/m0/s1. The zero-order valence-corrected chi connectivity index (χ0v) is 13.2. The van der Waals surface area contributed by atoms with Crippen LogP contribution in [0.4, 0.5) is 0 Å². The Morgan fingerprint density at radius 1 is 1.56 bits per heavy atom. The van der Waals surface area contributed by atoms with E-state index in [4.69, 9.17) is 0 Å². The first-order chi connectivity index (χ1) is 8.56. The first kappa shape index (κ1) is 15.3. The maximum absolute atomic E-state index is 4.13. The molecule has 0 aliphatic heterocycles. The molecule has 0 radical (unpaired) electrons. The molecule has 18 heavy (non-hydrogen) atoms. The Kier molecular flexibility index (Phi) is 6.45. The van der Waals surface area contributed by atoms with Crippen LogP contribution >= 0.6 is 22.6 Å². The molecule has 0 spiro atoms. The summed E-state index contributed by atoms with van der Waals surface area (Å²) in [6.07, 6.45) is -0.164. The van der Waals surface area contributed by atoms with E-state index < -0.39 is 0 Å². The lowest BCUT2D eigenvalue weighted by Crippen LogP contribution is -2.44. The highest BCUT2D eigenvalue weighted by molar-refractivity contribution is 14.1. The maximum Gasteiger partial charge on any atom is 0.149 e. The fourth-order valence-corrected chi connectivity index (χ4v) is 2.16. The normalized spacial score (nSPS) is 13.7. The minimum absolute atomic E-state index is 0.164. The fourth-order valence-electron chi connectivity index (χ4n) is 1.55. The number of hydrogen-bond acceptors (Lipinski definition) is 4. The van der Waals surface area contributed by atoms with Crippen molar-refractivity contribution in [2.24, 2.45) is 9.98 Å². The van der Waals surface area contributed by atoms with Crippen LogP contribution in [0.1, 0.15) is 12.5 Å². The molecule has 0 aromatic heterocycles. The summed E-state index contributed by atoms with van der Waals surface area (Å²) < 4.78 is 1.24. The summed E-state index contributed by atoms with van der Waals surface area (Å²) in [6, 6.07) is 8.42. The van der Waals surface area contributed by atoms with Gasteiger partial charge >= 0.3 is 0 Å². The molecule has 5 heteroatoms. The molecule has 1 rings (SSSR count). The van der Waals surface area contributed by atoms with Gasteiger partial charge in [-0.3, -0.25) is 9.98 Å². The third kappa shape index (κ3) is 4.83. The average Bonchev–Trinajstić information content (AvgIpc) is 2.35. The molecule has 0 aliphatic carbocycles. The van der Waals surface area contributed by atoms with Crippen LogP contribution in [0.3, 0.4) is 0 Å². The summed E-state index contributed by atoms with van der Waals surface area (Å²) in [7, 11) is 3.75. The zero-order chi connectivity index (χ0) is 13.5. The van der Waals surface area contributed by atoms with Gasteiger partial charge < -0.3 is 0 Å². The van der Waals surface area contributed by atoms with E-state index >= 15 is 0 Å². The molecule has 0 bridgehead atoms. The fraction of sp³-hybridized carbons (Fsp3) is 0.385. The summed E-state index contributed by atoms with van der Waals surface area (Å²) in [5.41, 5.74) is 5.43. The van der Waals surface area contributed by atoms with Gasteiger partial charge in [0.2, 0.25) is 0 Å². The Hall–Kier alpha value is -0.790. The molecule has 1 aromatic rings. The van der Waals surface area contributed by atoms with Crippen LogP contribution in [0.25, 0.3) is 0 Å². The number of hydrogen-bond donors (Lipinski definition) is 1. The van der Waals surface area contributed by atoms with E-state index in [1.165, 1.54) is 9.13 Å². The van der Waals surface area contributed by atoms with Gasteiger partial charge in [0.15, 0.2) is 0 Å². The van der Waals surface area contributed by atoms with E-state index in [0.29, 0.717) is 0 Å². The second-order valence-electron chi connectivity index (χ2n) is 4.07. The predicted octanol–water partition coefficient (Wildman–Crippen LogP) is 2.34. The number of aliphatic imine (C=N–C) groups is 2. The van der Waals surface area contributed by atoms with Gasteiger partial charge in [-0.1, -0.05) is 12.1 Å². The molecule has 0 amide bonds. The Bertz CT molecular complexity index is 431. The molecule has 0 saturated heterocycles. The lowest BCUT2D eigenvalue weighted by atomic mass is 10.2. The van der Waals surface area contributed by atoms with E-state index in [-0.39, 0.29) is 6.17 Å². The Morgan fingerprint density at radius 2 is 2.28 bits per heavy atom. The predicted molar refractivity (Wildman–Crippen MR) is 86.1 cm³/mol. The Morgan fingerprint density at radius 3 is 2.83 bits per heavy atom. The van der Waals surface area contributed by atoms with Crippen molar-refractivity contribution in [1.29, 1.82) is 0 Å². The maximum atomic E-state index is 4.13. The number of nitrogens with one attached hydrogen (secondary N) is 1. The highest BCUT2D eigenvalue weighted by Crippen LogP contribution is 2.09. The molecule has 1 aromatic carbocycles. The lowest BCUT2D eigenvalue weighted by molar-refractivity contribution is 0.214. The molecular weight excluding hydrogens is 339 g/mol. The van der Waals surface area contributed by atoms with Gasteiger partial charge in [-0.05, 0) is 53.9 Å². The van der Waals surface area contributed by atoms with Crippen molar-refractivity contribution in [3.05, 3.63) is 33.4 Å². The van der Waals surface area contributed by atoms with E-state index in [1.807, 2.05) is 19.0 Å². The third-order valence-electron chi connectivity index (χ3n) is 2.58. The summed E-state index contributed by atoms with van der Waals surface area (Å²) in [4.78, 5) is 8.15. The monoisotopic (exact) mass is 358 g/mol. The largest absolute Gasteiger partial charge is 0.294 e. The molecule has 0 unspecified atom stereocenters.